The molecule has 0 fully saturated rings. The van der Waals surface area contributed by atoms with Crippen LogP contribution in [-0.2, 0) is 0 Å². The lowest BCUT2D eigenvalue weighted by atomic mass is 9.93. The maximum atomic E-state index is 6.13. The summed E-state index contributed by atoms with van der Waals surface area (Å²) in [7, 11) is 0. The van der Waals surface area contributed by atoms with E-state index in [1.807, 2.05) is 6.08 Å². The fraction of sp³-hybridized carbons (Fsp3) is 0.385. The van der Waals surface area contributed by atoms with Crippen molar-refractivity contribution in [2.45, 2.75) is 31.6 Å². The molecule has 1 aromatic rings. The summed E-state index contributed by atoms with van der Waals surface area (Å²) in [5, 5.41) is 0.189. The highest BCUT2D eigenvalue weighted by Gasteiger charge is 2.14. The number of hydrogen-bond acceptors (Lipinski definition) is 0. The number of benzene rings is 1. The van der Waals surface area contributed by atoms with Crippen LogP contribution in [0.15, 0.2) is 30.8 Å². The van der Waals surface area contributed by atoms with Crippen LogP contribution < -0.4 is 0 Å². The summed E-state index contributed by atoms with van der Waals surface area (Å²) in [6.07, 6.45) is 2.94. The first-order valence-electron chi connectivity index (χ1n) is 5.05. The molecule has 0 bridgehead atoms. The molecule has 0 heterocycles. The Morgan fingerprint density at radius 3 is 2.29 bits per heavy atom. The van der Waals surface area contributed by atoms with Crippen LogP contribution in [0.1, 0.15) is 37.3 Å². The third kappa shape index (κ3) is 2.62. The Labute approximate surface area is 91.6 Å². The average Bonchev–Trinajstić information content (AvgIpc) is 2.19. The summed E-state index contributed by atoms with van der Waals surface area (Å²) in [4.78, 5) is 0. The second-order valence-corrected chi connectivity index (χ2v) is 4.25. The van der Waals surface area contributed by atoms with Crippen molar-refractivity contribution in [2.24, 2.45) is 0 Å². The second-order valence-electron chi connectivity index (χ2n) is 3.56. The van der Waals surface area contributed by atoms with Gasteiger partial charge in [-0.05, 0) is 30.4 Å². The van der Waals surface area contributed by atoms with Gasteiger partial charge < -0.3 is 0 Å². The zero-order valence-corrected chi connectivity index (χ0v) is 9.59. The number of halogens is 1. The summed E-state index contributed by atoms with van der Waals surface area (Å²) in [6, 6.07) is 8.46. The summed E-state index contributed by atoms with van der Waals surface area (Å²) in [6.45, 7) is 7.96. The fourth-order valence-electron chi connectivity index (χ4n) is 1.70. The molecule has 0 aliphatic heterocycles. The smallest absolute Gasteiger partial charge is 0.0376 e. The highest BCUT2D eigenvalue weighted by Crippen LogP contribution is 2.26. The third-order valence-corrected chi connectivity index (χ3v) is 2.90. The van der Waals surface area contributed by atoms with Gasteiger partial charge in [0.1, 0.15) is 0 Å². The van der Waals surface area contributed by atoms with Crippen molar-refractivity contribution in [3.63, 3.8) is 0 Å². The van der Waals surface area contributed by atoms with Gasteiger partial charge in [0.05, 0.1) is 0 Å². The molecule has 0 aliphatic rings. The van der Waals surface area contributed by atoms with Gasteiger partial charge in [-0.25, -0.2) is 0 Å². The molecular formula is C13H17Cl. The van der Waals surface area contributed by atoms with E-state index >= 15 is 0 Å². The molecule has 0 spiro atoms. The van der Waals surface area contributed by atoms with E-state index in [4.69, 9.17) is 11.6 Å². The van der Waals surface area contributed by atoms with E-state index < -0.39 is 0 Å². The summed E-state index contributed by atoms with van der Waals surface area (Å²) in [5.74, 6) is 0.454. The minimum absolute atomic E-state index is 0.189. The second kappa shape index (κ2) is 5.21. The van der Waals surface area contributed by atoms with Crippen molar-refractivity contribution in [2.75, 3.05) is 0 Å². The Bertz CT molecular complexity index is 285. The monoisotopic (exact) mass is 208 g/mol. The first-order valence-corrected chi connectivity index (χ1v) is 5.49. The van der Waals surface area contributed by atoms with Crippen molar-refractivity contribution >= 4 is 17.7 Å². The lowest BCUT2D eigenvalue weighted by Gasteiger charge is -2.17. The molecule has 14 heavy (non-hydrogen) atoms. The standard InChI is InChI=1S/C13H17Cl/c1-4-11-6-8-12(9-7-11)13(5-2)10(3)14/h4,6-10,13H,1,5H2,2-3H3. The Morgan fingerprint density at radius 1 is 1.36 bits per heavy atom. The van der Waals surface area contributed by atoms with E-state index in [9.17, 15) is 0 Å². The molecule has 1 heteroatoms. The van der Waals surface area contributed by atoms with Crippen molar-refractivity contribution < 1.29 is 0 Å². The molecule has 0 aliphatic carbocycles. The minimum atomic E-state index is 0.189. The molecule has 76 valence electrons. The topological polar surface area (TPSA) is 0 Å². The van der Waals surface area contributed by atoms with E-state index in [0.717, 1.165) is 12.0 Å². The van der Waals surface area contributed by atoms with E-state index in [-0.39, 0.29) is 5.38 Å². The molecule has 0 nitrogen and oxygen atoms in total. The third-order valence-electron chi connectivity index (χ3n) is 2.59. The maximum Gasteiger partial charge on any atom is 0.0376 e. The summed E-state index contributed by atoms with van der Waals surface area (Å²) < 4.78 is 0. The molecule has 0 saturated heterocycles. The summed E-state index contributed by atoms with van der Waals surface area (Å²) >= 11 is 6.13. The normalized spacial score (nSPS) is 14.8. The lowest BCUT2D eigenvalue weighted by Crippen LogP contribution is -2.07. The van der Waals surface area contributed by atoms with E-state index in [0.29, 0.717) is 5.92 Å². The molecule has 0 radical (unpaired) electrons. The van der Waals surface area contributed by atoms with Gasteiger partial charge in [-0.1, -0.05) is 43.8 Å². The Hall–Kier alpha value is -0.750. The van der Waals surface area contributed by atoms with Gasteiger partial charge in [0.15, 0.2) is 0 Å². The van der Waals surface area contributed by atoms with Gasteiger partial charge in [0.25, 0.3) is 0 Å². The molecule has 0 aromatic heterocycles. The highest BCUT2D eigenvalue weighted by molar-refractivity contribution is 6.20. The van der Waals surface area contributed by atoms with Crippen molar-refractivity contribution in [3.05, 3.63) is 42.0 Å². The van der Waals surface area contributed by atoms with Gasteiger partial charge in [-0.2, -0.15) is 0 Å². The lowest BCUT2D eigenvalue weighted by molar-refractivity contribution is 0.649. The van der Waals surface area contributed by atoms with Crippen LogP contribution in [0.4, 0.5) is 0 Å². The maximum absolute atomic E-state index is 6.13. The Balaban J connectivity index is 2.89. The van der Waals surface area contributed by atoms with Crippen LogP contribution in [0, 0.1) is 0 Å². The van der Waals surface area contributed by atoms with Crippen molar-refractivity contribution in [1.82, 2.24) is 0 Å². The van der Waals surface area contributed by atoms with Gasteiger partial charge in [-0.3, -0.25) is 0 Å². The predicted molar refractivity (Wildman–Crippen MR) is 64.9 cm³/mol. The van der Waals surface area contributed by atoms with Crippen molar-refractivity contribution in [1.29, 1.82) is 0 Å². The van der Waals surface area contributed by atoms with E-state index in [2.05, 4.69) is 44.7 Å². The molecule has 1 aromatic carbocycles. The molecular weight excluding hydrogens is 192 g/mol. The summed E-state index contributed by atoms with van der Waals surface area (Å²) in [5.41, 5.74) is 2.48. The average molecular weight is 209 g/mol. The number of hydrogen-bond donors (Lipinski definition) is 0. The number of rotatable bonds is 4. The zero-order chi connectivity index (χ0) is 10.6. The molecule has 1 rings (SSSR count). The number of alkyl halides is 1. The predicted octanol–water partition coefficient (Wildman–Crippen LogP) is 4.45. The van der Waals surface area contributed by atoms with Crippen LogP contribution in [0.25, 0.3) is 6.08 Å². The fourth-order valence-corrected chi connectivity index (χ4v) is 2.03. The molecule has 0 amide bonds. The van der Waals surface area contributed by atoms with Crippen LogP contribution in [0.2, 0.25) is 0 Å². The van der Waals surface area contributed by atoms with Crippen molar-refractivity contribution in [3.8, 4) is 0 Å². The molecule has 0 saturated carbocycles. The molecule has 2 unspecified atom stereocenters. The Kier molecular flexibility index (Phi) is 4.21. The highest BCUT2D eigenvalue weighted by atomic mass is 35.5. The van der Waals surface area contributed by atoms with E-state index in [1.165, 1.54) is 5.56 Å². The first-order chi connectivity index (χ1) is 6.69. The van der Waals surface area contributed by atoms with Crippen LogP contribution in [0.3, 0.4) is 0 Å². The zero-order valence-electron chi connectivity index (χ0n) is 8.83. The Morgan fingerprint density at radius 2 is 1.93 bits per heavy atom. The van der Waals surface area contributed by atoms with Crippen LogP contribution in [0.5, 0.6) is 0 Å². The quantitative estimate of drug-likeness (QED) is 0.642. The van der Waals surface area contributed by atoms with Gasteiger partial charge in [0.2, 0.25) is 0 Å². The van der Waals surface area contributed by atoms with Crippen LogP contribution >= 0.6 is 11.6 Å². The van der Waals surface area contributed by atoms with Crippen LogP contribution in [-0.4, -0.2) is 5.38 Å². The molecule has 0 N–H and O–H groups in total. The minimum Gasteiger partial charge on any atom is -0.123 e. The molecule has 2 atom stereocenters. The van der Waals surface area contributed by atoms with Gasteiger partial charge in [-0.15, -0.1) is 11.6 Å². The first kappa shape index (κ1) is 11.3. The van der Waals surface area contributed by atoms with E-state index in [1.54, 1.807) is 0 Å². The van der Waals surface area contributed by atoms with Gasteiger partial charge in [0, 0.05) is 5.38 Å². The SMILES string of the molecule is C=Cc1ccc(C(CC)C(C)Cl)cc1. The van der Waals surface area contributed by atoms with Gasteiger partial charge >= 0.3 is 0 Å². The largest absolute Gasteiger partial charge is 0.123 e.